The Kier molecular flexibility index (Phi) is 8.28. The Morgan fingerprint density at radius 2 is 0.789 bits per heavy atom. The van der Waals surface area contributed by atoms with Crippen LogP contribution in [-0.4, -0.2) is 0 Å². The van der Waals surface area contributed by atoms with E-state index < -0.39 is 0 Å². The minimum absolute atomic E-state index is 1.11. The fraction of sp³-hybridized carbons (Fsp3) is 0. The third-order valence-electron chi connectivity index (χ3n) is 11.1. The van der Waals surface area contributed by atoms with Crippen molar-refractivity contribution in [2.45, 2.75) is 0 Å². The van der Waals surface area contributed by atoms with Crippen LogP contribution in [0.4, 0.5) is 17.1 Å². The van der Waals surface area contributed by atoms with Crippen LogP contribution < -0.4 is 4.90 Å². The van der Waals surface area contributed by atoms with Crippen LogP contribution in [0.3, 0.4) is 0 Å². The van der Waals surface area contributed by atoms with Gasteiger partial charge in [-0.25, -0.2) is 0 Å². The van der Waals surface area contributed by atoms with Crippen LogP contribution in [-0.2, 0) is 0 Å². The third-order valence-corrected chi connectivity index (χ3v) is 13.4. The highest BCUT2D eigenvalue weighted by atomic mass is 32.1. The summed E-state index contributed by atoms with van der Waals surface area (Å²) in [6.07, 6.45) is 0. The molecular formula is C54H35NS2. The fourth-order valence-electron chi connectivity index (χ4n) is 8.31. The molecule has 1 nitrogen and oxygen atoms in total. The maximum atomic E-state index is 2.47. The van der Waals surface area contributed by atoms with Gasteiger partial charge < -0.3 is 4.90 Å². The Hall–Kier alpha value is -6.78. The van der Waals surface area contributed by atoms with Crippen molar-refractivity contribution in [3.8, 4) is 44.5 Å². The molecule has 0 unspecified atom stereocenters. The standard InChI is InChI=1S/C54H35NS2/c1-4-14-36(15-5-1)40-32-41(37-16-6-2-7-17-37)34-42(33-40)38-24-26-43(27-25-38)55(44-28-31-52-48(35-44)46-20-10-12-22-50(46)56-52)49-30-29-45(39-18-8-3-9-19-39)54-53(49)47-21-11-13-23-51(47)57-54/h1-35H. The topological polar surface area (TPSA) is 3.24 Å². The van der Waals surface area contributed by atoms with Gasteiger partial charge in [0.2, 0.25) is 0 Å². The fourth-order valence-corrected chi connectivity index (χ4v) is 10.7. The molecule has 0 fully saturated rings. The Morgan fingerprint density at radius 1 is 0.298 bits per heavy atom. The molecule has 268 valence electrons. The zero-order chi connectivity index (χ0) is 37.7. The van der Waals surface area contributed by atoms with Gasteiger partial charge in [0.05, 0.1) is 5.69 Å². The van der Waals surface area contributed by atoms with Crippen molar-refractivity contribution in [3.05, 3.63) is 212 Å². The molecule has 2 aromatic heterocycles. The molecule has 11 aromatic rings. The van der Waals surface area contributed by atoms with Crippen LogP contribution >= 0.6 is 22.7 Å². The lowest BCUT2D eigenvalue weighted by Gasteiger charge is -2.27. The van der Waals surface area contributed by atoms with Crippen LogP contribution in [0, 0.1) is 0 Å². The Labute approximate surface area is 340 Å². The summed E-state index contributed by atoms with van der Waals surface area (Å²) in [6.45, 7) is 0. The largest absolute Gasteiger partial charge is 0.310 e. The highest BCUT2D eigenvalue weighted by Crippen LogP contribution is 2.49. The van der Waals surface area contributed by atoms with E-state index in [0.717, 1.165) is 11.4 Å². The molecule has 0 aliphatic rings. The average molecular weight is 762 g/mol. The highest BCUT2D eigenvalue weighted by Gasteiger charge is 2.22. The second kappa shape index (κ2) is 14.1. The molecule has 0 saturated carbocycles. The molecule has 0 saturated heterocycles. The van der Waals surface area contributed by atoms with Crippen molar-refractivity contribution in [2.75, 3.05) is 4.90 Å². The van der Waals surface area contributed by atoms with E-state index in [-0.39, 0.29) is 0 Å². The van der Waals surface area contributed by atoms with Gasteiger partial charge in [-0.15, -0.1) is 22.7 Å². The molecule has 0 aliphatic carbocycles. The van der Waals surface area contributed by atoms with E-state index in [4.69, 9.17) is 0 Å². The number of anilines is 3. The van der Waals surface area contributed by atoms with E-state index in [1.807, 2.05) is 22.7 Å². The van der Waals surface area contributed by atoms with E-state index in [2.05, 4.69) is 217 Å². The van der Waals surface area contributed by atoms with E-state index in [0.29, 0.717) is 0 Å². The van der Waals surface area contributed by atoms with Crippen LogP contribution in [0.15, 0.2) is 212 Å². The smallest absolute Gasteiger partial charge is 0.0555 e. The lowest BCUT2D eigenvalue weighted by atomic mass is 9.93. The first-order chi connectivity index (χ1) is 28.2. The van der Waals surface area contributed by atoms with Crippen LogP contribution in [0.5, 0.6) is 0 Å². The summed E-state index contributed by atoms with van der Waals surface area (Å²) in [5, 5.41) is 5.14. The number of hydrogen-bond donors (Lipinski definition) is 0. The Bertz CT molecular complexity index is 3160. The molecule has 2 heterocycles. The summed E-state index contributed by atoms with van der Waals surface area (Å²) in [6, 6.07) is 77.6. The Balaban J connectivity index is 1.12. The number of fused-ring (bicyclic) bond motifs is 6. The minimum atomic E-state index is 1.11. The molecule has 0 radical (unpaired) electrons. The third kappa shape index (κ3) is 6.00. The maximum absolute atomic E-state index is 2.47. The van der Waals surface area contributed by atoms with Gasteiger partial charge in [0, 0.05) is 51.7 Å². The van der Waals surface area contributed by atoms with Crippen molar-refractivity contribution in [1.29, 1.82) is 0 Å². The lowest BCUT2D eigenvalue weighted by molar-refractivity contribution is 1.31. The molecule has 57 heavy (non-hydrogen) atoms. The average Bonchev–Trinajstić information content (AvgIpc) is 3.87. The number of rotatable bonds is 7. The van der Waals surface area contributed by atoms with Crippen LogP contribution in [0.1, 0.15) is 0 Å². The second-order valence-corrected chi connectivity index (χ2v) is 16.6. The van der Waals surface area contributed by atoms with Crippen molar-refractivity contribution in [2.24, 2.45) is 0 Å². The molecule has 0 amide bonds. The molecule has 0 N–H and O–H groups in total. The van der Waals surface area contributed by atoms with Gasteiger partial charge in [0.25, 0.3) is 0 Å². The van der Waals surface area contributed by atoms with Crippen molar-refractivity contribution in [1.82, 2.24) is 0 Å². The van der Waals surface area contributed by atoms with E-state index in [1.54, 1.807) is 0 Å². The molecule has 0 spiro atoms. The first-order valence-corrected chi connectivity index (χ1v) is 21.0. The SMILES string of the molecule is c1ccc(-c2cc(-c3ccccc3)cc(-c3ccc(N(c4ccc5sc6ccccc6c5c4)c4ccc(-c5ccccc5)c5sc6ccccc6c45)cc3)c2)cc1. The van der Waals surface area contributed by atoms with Crippen LogP contribution in [0.2, 0.25) is 0 Å². The monoisotopic (exact) mass is 761 g/mol. The van der Waals surface area contributed by atoms with Gasteiger partial charge in [-0.1, -0.05) is 146 Å². The highest BCUT2D eigenvalue weighted by molar-refractivity contribution is 7.26. The predicted molar refractivity (Wildman–Crippen MR) is 249 cm³/mol. The molecule has 3 heteroatoms. The molecule has 9 aromatic carbocycles. The summed E-state index contributed by atoms with van der Waals surface area (Å²) in [5.74, 6) is 0. The zero-order valence-corrected chi connectivity index (χ0v) is 32.6. The van der Waals surface area contributed by atoms with Crippen LogP contribution in [0.25, 0.3) is 84.9 Å². The molecule has 0 bridgehead atoms. The summed E-state index contributed by atoms with van der Waals surface area (Å²) in [4.78, 5) is 2.47. The van der Waals surface area contributed by atoms with E-state index >= 15 is 0 Å². The molecular weight excluding hydrogens is 727 g/mol. The summed E-state index contributed by atoms with van der Waals surface area (Å²) >= 11 is 3.75. The first-order valence-electron chi connectivity index (χ1n) is 19.3. The van der Waals surface area contributed by atoms with Crippen molar-refractivity contribution >= 4 is 80.1 Å². The van der Waals surface area contributed by atoms with Gasteiger partial charge >= 0.3 is 0 Å². The van der Waals surface area contributed by atoms with Crippen molar-refractivity contribution in [3.63, 3.8) is 0 Å². The minimum Gasteiger partial charge on any atom is -0.310 e. The zero-order valence-electron chi connectivity index (χ0n) is 31.0. The quantitative estimate of drug-likeness (QED) is 0.156. The van der Waals surface area contributed by atoms with Gasteiger partial charge in [0.1, 0.15) is 0 Å². The molecule has 0 aliphatic heterocycles. The summed E-state index contributed by atoms with van der Waals surface area (Å²) in [5.41, 5.74) is 13.1. The van der Waals surface area contributed by atoms with Gasteiger partial charge in [0.15, 0.2) is 0 Å². The number of thiophene rings is 2. The maximum Gasteiger partial charge on any atom is 0.0555 e. The van der Waals surface area contributed by atoms with E-state index in [9.17, 15) is 0 Å². The summed E-state index contributed by atoms with van der Waals surface area (Å²) < 4.78 is 5.20. The molecule has 11 rings (SSSR count). The van der Waals surface area contributed by atoms with Crippen molar-refractivity contribution < 1.29 is 0 Å². The molecule has 0 atom stereocenters. The number of benzene rings is 9. The van der Waals surface area contributed by atoms with Gasteiger partial charge in [-0.3, -0.25) is 0 Å². The number of hydrogen-bond acceptors (Lipinski definition) is 3. The van der Waals surface area contributed by atoms with Gasteiger partial charge in [-0.2, -0.15) is 0 Å². The summed E-state index contributed by atoms with van der Waals surface area (Å²) in [7, 11) is 0. The Morgan fingerprint density at radius 3 is 1.42 bits per heavy atom. The lowest BCUT2D eigenvalue weighted by Crippen LogP contribution is -2.10. The van der Waals surface area contributed by atoms with E-state index in [1.165, 1.54) is 90.5 Å². The van der Waals surface area contributed by atoms with Gasteiger partial charge in [-0.05, 0) is 111 Å². The predicted octanol–water partition coefficient (Wildman–Crippen LogP) is 16.6. The number of nitrogens with zero attached hydrogens (tertiary/aromatic N) is 1. The normalized spacial score (nSPS) is 11.5. The first kappa shape index (κ1) is 33.5. The second-order valence-electron chi connectivity index (χ2n) is 14.5.